The molecule has 0 aromatic carbocycles. The van der Waals surface area contributed by atoms with E-state index in [1.165, 1.54) is 12.4 Å². The van der Waals surface area contributed by atoms with Gasteiger partial charge in [0.25, 0.3) is 5.56 Å². The van der Waals surface area contributed by atoms with Crippen LogP contribution in [0.25, 0.3) is 5.52 Å². The maximum Gasteiger partial charge on any atom is 0.410 e. The highest BCUT2D eigenvalue weighted by Gasteiger charge is 2.31. The maximum atomic E-state index is 14.1. The van der Waals surface area contributed by atoms with Crippen LogP contribution in [0, 0.1) is 5.82 Å². The number of nitrogens with zero attached hydrogens (tertiary/aromatic N) is 5. The number of anilines is 1. The number of carbonyl (C=O) groups is 1. The molecule has 27 heavy (non-hydrogen) atoms. The minimum absolute atomic E-state index is 0.105. The standard InChI is InChI=1S/C17H21BrFN5O3/c1-10-8-22(16(26)27-17(2,3)4)5-6-23(10)14-12-7-11(19)13(18)15(25)24(12)21-9-20-14/h7,9-10H,5-6,8H2,1-4H3/t10-/m0/s1. The van der Waals surface area contributed by atoms with Gasteiger partial charge in [0.05, 0.1) is 0 Å². The van der Waals surface area contributed by atoms with Gasteiger partial charge in [0.2, 0.25) is 0 Å². The summed E-state index contributed by atoms with van der Waals surface area (Å²) < 4.78 is 20.4. The number of hydrogen-bond acceptors (Lipinski definition) is 6. The van der Waals surface area contributed by atoms with Crippen LogP contribution in [-0.2, 0) is 4.74 Å². The second-order valence-electron chi connectivity index (χ2n) is 7.46. The van der Waals surface area contributed by atoms with Gasteiger partial charge in [0.1, 0.15) is 27.7 Å². The molecule has 10 heteroatoms. The van der Waals surface area contributed by atoms with Gasteiger partial charge < -0.3 is 14.5 Å². The molecule has 2 aromatic rings. The van der Waals surface area contributed by atoms with E-state index >= 15 is 0 Å². The molecule has 146 valence electrons. The van der Waals surface area contributed by atoms with Gasteiger partial charge in [-0.25, -0.2) is 14.2 Å². The third-order valence-corrected chi connectivity index (χ3v) is 4.93. The first kappa shape index (κ1) is 19.5. The normalized spacial score (nSPS) is 18.1. The van der Waals surface area contributed by atoms with Crippen LogP contribution in [0.2, 0.25) is 0 Å². The number of aromatic nitrogens is 3. The Morgan fingerprint density at radius 2 is 2.07 bits per heavy atom. The van der Waals surface area contributed by atoms with Crippen LogP contribution >= 0.6 is 15.9 Å². The van der Waals surface area contributed by atoms with Gasteiger partial charge in [-0.1, -0.05) is 0 Å². The predicted molar refractivity (Wildman–Crippen MR) is 102 cm³/mol. The van der Waals surface area contributed by atoms with Crippen molar-refractivity contribution in [2.24, 2.45) is 0 Å². The van der Waals surface area contributed by atoms with E-state index < -0.39 is 17.0 Å². The van der Waals surface area contributed by atoms with Crippen LogP contribution in [0.5, 0.6) is 0 Å². The monoisotopic (exact) mass is 441 g/mol. The minimum Gasteiger partial charge on any atom is -0.444 e. The second kappa shape index (κ2) is 7.06. The van der Waals surface area contributed by atoms with Crippen molar-refractivity contribution in [3.63, 3.8) is 0 Å². The van der Waals surface area contributed by atoms with E-state index in [0.29, 0.717) is 25.5 Å². The Bertz CT molecular complexity index is 943. The zero-order valence-corrected chi connectivity index (χ0v) is 17.2. The van der Waals surface area contributed by atoms with Crippen LogP contribution in [-0.4, -0.2) is 56.9 Å². The number of ether oxygens (including phenoxy) is 1. The molecule has 0 radical (unpaired) electrons. The molecule has 1 saturated heterocycles. The Balaban J connectivity index is 1.89. The Hall–Kier alpha value is -2.23. The molecule has 0 unspecified atom stereocenters. The van der Waals surface area contributed by atoms with E-state index in [2.05, 4.69) is 26.0 Å². The molecule has 3 rings (SSSR count). The lowest BCUT2D eigenvalue weighted by Gasteiger charge is -2.40. The largest absolute Gasteiger partial charge is 0.444 e. The first-order chi connectivity index (χ1) is 12.6. The fourth-order valence-corrected chi connectivity index (χ4v) is 3.29. The molecule has 0 N–H and O–H groups in total. The minimum atomic E-state index is -0.670. The molecular formula is C17H21BrFN5O3. The highest BCUT2D eigenvalue weighted by molar-refractivity contribution is 9.10. The number of halogens is 2. The fraction of sp³-hybridized carbons (Fsp3) is 0.529. The van der Waals surface area contributed by atoms with Gasteiger partial charge in [-0.3, -0.25) is 4.79 Å². The van der Waals surface area contributed by atoms with E-state index in [1.807, 2.05) is 32.6 Å². The highest BCUT2D eigenvalue weighted by atomic mass is 79.9. The molecule has 1 amide bonds. The number of hydrogen-bond donors (Lipinski definition) is 0. The zero-order valence-electron chi connectivity index (χ0n) is 15.6. The van der Waals surface area contributed by atoms with Crippen molar-refractivity contribution >= 4 is 33.4 Å². The summed E-state index contributed by atoms with van der Waals surface area (Å²) in [4.78, 5) is 32.4. The van der Waals surface area contributed by atoms with Crippen molar-refractivity contribution in [1.29, 1.82) is 0 Å². The molecule has 2 aromatic heterocycles. The smallest absolute Gasteiger partial charge is 0.410 e. The van der Waals surface area contributed by atoms with E-state index in [0.717, 1.165) is 4.52 Å². The lowest BCUT2D eigenvalue weighted by Crippen LogP contribution is -2.55. The molecule has 1 aliphatic heterocycles. The maximum absolute atomic E-state index is 14.1. The van der Waals surface area contributed by atoms with Crippen molar-refractivity contribution in [3.8, 4) is 0 Å². The first-order valence-corrected chi connectivity index (χ1v) is 9.34. The number of fused-ring (bicyclic) bond motifs is 1. The predicted octanol–water partition coefficient (Wildman–Crippen LogP) is 2.44. The zero-order chi connectivity index (χ0) is 19.9. The van der Waals surface area contributed by atoms with Crippen LogP contribution in [0.3, 0.4) is 0 Å². The lowest BCUT2D eigenvalue weighted by molar-refractivity contribution is 0.0218. The van der Waals surface area contributed by atoms with Gasteiger partial charge in [-0.05, 0) is 43.6 Å². The van der Waals surface area contributed by atoms with Gasteiger partial charge in [-0.2, -0.15) is 9.61 Å². The van der Waals surface area contributed by atoms with Crippen LogP contribution < -0.4 is 10.5 Å². The summed E-state index contributed by atoms with van der Waals surface area (Å²) in [6, 6.07) is 1.13. The number of amides is 1. The number of rotatable bonds is 1. The molecule has 1 atom stereocenters. The number of carbonyl (C=O) groups excluding carboxylic acids is 1. The quantitative estimate of drug-likeness (QED) is 0.675. The lowest BCUT2D eigenvalue weighted by atomic mass is 10.2. The molecular weight excluding hydrogens is 421 g/mol. The molecule has 0 spiro atoms. The van der Waals surface area contributed by atoms with E-state index in [1.54, 1.807) is 4.90 Å². The summed E-state index contributed by atoms with van der Waals surface area (Å²) in [5.41, 5.74) is -0.874. The Labute approximate surface area is 164 Å². The van der Waals surface area contributed by atoms with Crippen molar-refractivity contribution in [3.05, 3.63) is 33.0 Å². The van der Waals surface area contributed by atoms with Crippen LogP contribution in [0.4, 0.5) is 15.0 Å². The second-order valence-corrected chi connectivity index (χ2v) is 8.25. The molecule has 0 bridgehead atoms. The summed E-state index contributed by atoms with van der Waals surface area (Å²) in [7, 11) is 0. The average molecular weight is 442 g/mol. The topological polar surface area (TPSA) is 80.0 Å². The molecule has 8 nitrogen and oxygen atoms in total. The molecule has 1 fully saturated rings. The highest BCUT2D eigenvalue weighted by Crippen LogP contribution is 2.24. The number of pyridine rings is 1. The Kier molecular flexibility index (Phi) is 5.11. The van der Waals surface area contributed by atoms with Crippen LogP contribution in [0.15, 0.2) is 21.7 Å². The van der Waals surface area contributed by atoms with Gasteiger partial charge >= 0.3 is 6.09 Å². The number of piperazine rings is 1. The Morgan fingerprint density at radius 1 is 1.37 bits per heavy atom. The summed E-state index contributed by atoms with van der Waals surface area (Å²) in [5, 5.41) is 3.93. The van der Waals surface area contributed by atoms with E-state index in [-0.39, 0.29) is 22.1 Å². The SMILES string of the molecule is C[C@H]1CN(C(=O)OC(C)(C)C)CCN1c1ncnn2c(=O)c(Br)c(F)cc12. The van der Waals surface area contributed by atoms with Crippen molar-refractivity contribution in [1.82, 2.24) is 19.5 Å². The summed E-state index contributed by atoms with van der Waals surface area (Å²) >= 11 is 2.94. The fourth-order valence-electron chi connectivity index (χ4n) is 3.01. The first-order valence-electron chi connectivity index (χ1n) is 8.55. The van der Waals surface area contributed by atoms with Gasteiger partial charge in [-0.15, -0.1) is 0 Å². The van der Waals surface area contributed by atoms with Gasteiger partial charge in [0, 0.05) is 31.7 Å². The average Bonchev–Trinajstić information content (AvgIpc) is 2.58. The summed E-state index contributed by atoms with van der Waals surface area (Å²) in [6.45, 7) is 8.72. The summed E-state index contributed by atoms with van der Waals surface area (Å²) in [5.74, 6) is -0.221. The molecule has 1 aliphatic rings. The van der Waals surface area contributed by atoms with E-state index in [9.17, 15) is 14.0 Å². The van der Waals surface area contributed by atoms with Gasteiger partial charge in [0.15, 0.2) is 5.82 Å². The molecule has 0 saturated carbocycles. The summed E-state index contributed by atoms with van der Waals surface area (Å²) in [6.07, 6.45) is 0.897. The third kappa shape index (κ3) is 3.90. The third-order valence-electron chi connectivity index (χ3n) is 4.21. The van der Waals surface area contributed by atoms with Crippen LogP contribution in [0.1, 0.15) is 27.7 Å². The Morgan fingerprint density at radius 3 is 2.70 bits per heavy atom. The van der Waals surface area contributed by atoms with Crippen molar-refractivity contribution in [2.45, 2.75) is 39.3 Å². The molecule has 3 heterocycles. The molecule has 0 aliphatic carbocycles. The van der Waals surface area contributed by atoms with Crippen molar-refractivity contribution < 1.29 is 13.9 Å². The van der Waals surface area contributed by atoms with Crippen molar-refractivity contribution in [2.75, 3.05) is 24.5 Å². The van der Waals surface area contributed by atoms with E-state index in [4.69, 9.17) is 4.74 Å².